The van der Waals surface area contributed by atoms with Gasteiger partial charge in [0.2, 0.25) is 5.91 Å². The summed E-state index contributed by atoms with van der Waals surface area (Å²) in [4.78, 5) is 39.1. The molecule has 1 aliphatic heterocycles. The molecule has 8 heteroatoms. The third kappa shape index (κ3) is 4.45. The van der Waals surface area contributed by atoms with Gasteiger partial charge in [0.1, 0.15) is 18.0 Å². The fraction of sp³-hybridized carbons (Fsp3) is 0.138. The molecule has 0 bridgehead atoms. The minimum atomic E-state index is -0.644. The van der Waals surface area contributed by atoms with Gasteiger partial charge in [-0.1, -0.05) is 48.5 Å². The first-order chi connectivity index (χ1) is 17.9. The predicted molar refractivity (Wildman–Crippen MR) is 143 cm³/mol. The molecule has 0 saturated carbocycles. The minimum Gasteiger partial charge on any atom is -0.495 e. The quantitative estimate of drug-likeness (QED) is 0.298. The fourth-order valence-electron chi connectivity index (χ4n) is 4.66. The van der Waals surface area contributed by atoms with Crippen molar-refractivity contribution in [2.24, 2.45) is 0 Å². The number of para-hydroxylation sites is 2. The first-order valence-electron chi connectivity index (χ1n) is 11.8. The summed E-state index contributed by atoms with van der Waals surface area (Å²) in [7, 11) is 1.50. The average Bonchev–Trinajstić information content (AvgIpc) is 3.32. The number of benzene rings is 3. The van der Waals surface area contributed by atoms with Crippen LogP contribution in [0.4, 0.5) is 10.5 Å². The lowest BCUT2D eigenvalue weighted by molar-refractivity contribution is -0.127. The zero-order valence-corrected chi connectivity index (χ0v) is 20.7. The maximum atomic E-state index is 13.0. The average molecular weight is 495 g/mol. The number of aryl methyl sites for hydroxylation is 1. The van der Waals surface area contributed by atoms with Gasteiger partial charge >= 0.3 is 6.03 Å². The molecule has 8 nitrogen and oxygen atoms in total. The molecule has 186 valence electrons. The summed E-state index contributed by atoms with van der Waals surface area (Å²) < 4.78 is 7.37. The minimum absolute atomic E-state index is 0.119. The van der Waals surface area contributed by atoms with Crippen LogP contribution in [0.25, 0.3) is 22.5 Å². The van der Waals surface area contributed by atoms with E-state index in [0.717, 1.165) is 38.3 Å². The van der Waals surface area contributed by atoms with Gasteiger partial charge < -0.3 is 19.9 Å². The molecule has 2 heterocycles. The lowest BCUT2D eigenvalue weighted by Gasteiger charge is -2.13. The number of methoxy groups -OCH3 is 1. The molecule has 0 atom stereocenters. The second-order valence-corrected chi connectivity index (χ2v) is 8.79. The number of ether oxygens (including phenoxy) is 1. The summed E-state index contributed by atoms with van der Waals surface area (Å²) in [5.41, 5.74) is 4.33. The van der Waals surface area contributed by atoms with Crippen LogP contribution in [0.15, 0.2) is 78.5 Å². The van der Waals surface area contributed by atoms with Crippen molar-refractivity contribution in [3.8, 4) is 11.4 Å². The molecule has 0 spiro atoms. The Labute approximate surface area is 214 Å². The van der Waals surface area contributed by atoms with Gasteiger partial charge in [-0.25, -0.2) is 9.69 Å². The summed E-state index contributed by atoms with van der Waals surface area (Å²) in [6.45, 7) is 3.55. The zero-order chi connectivity index (χ0) is 26.1. The largest absolute Gasteiger partial charge is 0.495 e. The smallest absolute Gasteiger partial charge is 0.329 e. The Morgan fingerprint density at radius 2 is 1.73 bits per heavy atom. The number of nitrogens with zero attached hydrogens (tertiary/aromatic N) is 2. The number of carbonyl (C=O) groups is 3. The van der Waals surface area contributed by atoms with Crippen LogP contribution in [-0.2, 0) is 9.59 Å². The summed E-state index contributed by atoms with van der Waals surface area (Å²) >= 11 is 0. The molecule has 1 aromatic heterocycles. The first kappa shape index (κ1) is 23.9. The molecular weight excluding hydrogens is 468 g/mol. The van der Waals surface area contributed by atoms with E-state index in [0.29, 0.717) is 11.4 Å². The van der Waals surface area contributed by atoms with Gasteiger partial charge in [0, 0.05) is 16.8 Å². The monoisotopic (exact) mass is 494 g/mol. The van der Waals surface area contributed by atoms with Crippen LogP contribution in [0.1, 0.15) is 17.0 Å². The van der Waals surface area contributed by atoms with Gasteiger partial charge in [0.25, 0.3) is 5.91 Å². The normalized spacial score (nSPS) is 14.4. The van der Waals surface area contributed by atoms with Crippen molar-refractivity contribution in [3.05, 3.63) is 95.4 Å². The molecule has 3 aromatic carbocycles. The van der Waals surface area contributed by atoms with Crippen LogP contribution in [0.5, 0.6) is 5.75 Å². The number of fused-ring (bicyclic) bond motifs is 1. The van der Waals surface area contributed by atoms with Crippen LogP contribution >= 0.6 is 0 Å². The third-order valence-corrected chi connectivity index (χ3v) is 6.42. The maximum absolute atomic E-state index is 13.0. The maximum Gasteiger partial charge on any atom is 0.329 e. The van der Waals surface area contributed by atoms with E-state index in [1.54, 1.807) is 30.3 Å². The van der Waals surface area contributed by atoms with Crippen molar-refractivity contribution < 1.29 is 19.1 Å². The number of imide groups is 1. The number of anilines is 1. The van der Waals surface area contributed by atoms with Crippen molar-refractivity contribution in [2.45, 2.75) is 13.8 Å². The Morgan fingerprint density at radius 1 is 1.00 bits per heavy atom. The number of amides is 4. The second kappa shape index (κ2) is 9.66. The van der Waals surface area contributed by atoms with E-state index in [-0.39, 0.29) is 5.70 Å². The van der Waals surface area contributed by atoms with Crippen LogP contribution in [0.3, 0.4) is 0 Å². The first-order valence-corrected chi connectivity index (χ1v) is 11.8. The zero-order valence-electron chi connectivity index (χ0n) is 20.7. The highest BCUT2D eigenvalue weighted by Crippen LogP contribution is 2.29. The number of nitrogens with one attached hydrogen (secondary N) is 2. The van der Waals surface area contributed by atoms with E-state index in [2.05, 4.69) is 39.5 Å². The van der Waals surface area contributed by atoms with Gasteiger partial charge in [0.15, 0.2) is 0 Å². The number of hydrogen-bond acceptors (Lipinski definition) is 4. The molecule has 4 aromatic rings. The molecule has 0 unspecified atom stereocenters. The standard InChI is InChI=1S/C29H26N4O4/c1-18-15-21(19(2)33(18)25-13-8-10-20-9-4-5-11-22(20)25)16-24-28(35)32(29(36)31-24)17-27(34)30-23-12-6-7-14-26(23)37-3/h4-16H,17H2,1-3H3,(H,30,34)(H,31,36)/b24-16+. The third-order valence-electron chi connectivity index (χ3n) is 6.42. The topological polar surface area (TPSA) is 92.7 Å². The summed E-state index contributed by atoms with van der Waals surface area (Å²) in [5.74, 6) is -0.589. The van der Waals surface area contributed by atoms with Gasteiger partial charge in [-0.3, -0.25) is 9.59 Å². The van der Waals surface area contributed by atoms with Gasteiger partial charge in [0.05, 0.1) is 18.5 Å². The Balaban J connectivity index is 1.39. The number of carbonyl (C=O) groups excluding carboxylic acids is 3. The van der Waals surface area contributed by atoms with E-state index < -0.39 is 24.4 Å². The summed E-state index contributed by atoms with van der Waals surface area (Å²) in [6.07, 6.45) is 1.66. The van der Waals surface area contributed by atoms with Crippen molar-refractivity contribution >= 4 is 40.4 Å². The van der Waals surface area contributed by atoms with E-state index in [1.807, 2.05) is 38.1 Å². The van der Waals surface area contributed by atoms with Crippen LogP contribution in [0, 0.1) is 13.8 Å². The molecule has 1 saturated heterocycles. The number of hydrogen-bond donors (Lipinski definition) is 2. The SMILES string of the molecule is COc1ccccc1NC(=O)CN1C(=O)N/C(=C/c2cc(C)n(-c3cccc4ccccc34)c2C)C1=O. The highest BCUT2D eigenvalue weighted by atomic mass is 16.5. The van der Waals surface area contributed by atoms with Crippen molar-refractivity contribution in [2.75, 3.05) is 19.0 Å². The molecular formula is C29H26N4O4. The molecule has 0 aliphatic carbocycles. The van der Waals surface area contributed by atoms with Crippen molar-refractivity contribution in [1.29, 1.82) is 0 Å². The molecule has 1 aliphatic rings. The lowest BCUT2D eigenvalue weighted by Crippen LogP contribution is -2.38. The van der Waals surface area contributed by atoms with E-state index in [4.69, 9.17) is 4.74 Å². The second-order valence-electron chi connectivity index (χ2n) is 8.79. The Bertz CT molecular complexity index is 1580. The lowest BCUT2D eigenvalue weighted by atomic mass is 10.1. The molecule has 0 radical (unpaired) electrons. The number of urea groups is 1. The van der Waals surface area contributed by atoms with Gasteiger partial charge in [-0.15, -0.1) is 0 Å². The molecule has 4 amide bonds. The fourth-order valence-corrected chi connectivity index (χ4v) is 4.66. The molecule has 1 fully saturated rings. The summed E-state index contributed by atoms with van der Waals surface area (Å²) in [5, 5.41) is 7.54. The van der Waals surface area contributed by atoms with Crippen molar-refractivity contribution in [1.82, 2.24) is 14.8 Å². The van der Waals surface area contributed by atoms with E-state index in [1.165, 1.54) is 7.11 Å². The van der Waals surface area contributed by atoms with Crippen LogP contribution in [-0.4, -0.2) is 41.0 Å². The van der Waals surface area contributed by atoms with Gasteiger partial charge in [-0.2, -0.15) is 0 Å². The van der Waals surface area contributed by atoms with Gasteiger partial charge in [-0.05, 0) is 55.1 Å². The van der Waals surface area contributed by atoms with Crippen LogP contribution < -0.4 is 15.4 Å². The predicted octanol–water partition coefficient (Wildman–Crippen LogP) is 4.79. The highest BCUT2D eigenvalue weighted by Gasteiger charge is 2.35. The Morgan fingerprint density at radius 3 is 2.54 bits per heavy atom. The van der Waals surface area contributed by atoms with Crippen molar-refractivity contribution in [3.63, 3.8) is 0 Å². The number of aromatic nitrogens is 1. The molecule has 5 rings (SSSR count). The van der Waals surface area contributed by atoms with E-state index in [9.17, 15) is 14.4 Å². The van der Waals surface area contributed by atoms with Crippen LogP contribution in [0.2, 0.25) is 0 Å². The summed E-state index contributed by atoms with van der Waals surface area (Å²) in [6, 6.07) is 22.6. The Hall–Kier alpha value is -4.85. The molecule has 2 N–H and O–H groups in total. The Kier molecular flexibility index (Phi) is 6.23. The number of rotatable bonds is 6. The molecule has 37 heavy (non-hydrogen) atoms. The van der Waals surface area contributed by atoms with E-state index >= 15 is 0 Å². The highest BCUT2D eigenvalue weighted by molar-refractivity contribution is 6.16.